The second-order valence-corrected chi connectivity index (χ2v) is 11.2. The van der Waals surface area contributed by atoms with Gasteiger partial charge in [-0.1, -0.05) is 24.2 Å². The second kappa shape index (κ2) is 11.6. The van der Waals surface area contributed by atoms with Crippen molar-refractivity contribution in [1.82, 2.24) is 34.6 Å². The summed E-state index contributed by atoms with van der Waals surface area (Å²) in [5.41, 5.74) is 2.45. The van der Waals surface area contributed by atoms with Crippen LogP contribution in [-0.4, -0.2) is 72.3 Å². The van der Waals surface area contributed by atoms with Crippen molar-refractivity contribution in [2.75, 3.05) is 24.6 Å². The molecule has 0 saturated carbocycles. The van der Waals surface area contributed by atoms with Crippen LogP contribution >= 0.6 is 11.6 Å². The quantitative estimate of drug-likeness (QED) is 0.253. The highest BCUT2D eigenvalue weighted by molar-refractivity contribution is 6.35. The van der Waals surface area contributed by atoms with E-state index in [1.807, 2.05) is 43.9 Å². The van der Waals surface area contributed by atoms with E-state index >= 15 is 4.39 Å². The molecule has 0 bridgehead atoms. The van der Waals surface area contributed by atoms with Crippen LogP contribution in [0.15, 0.2) is 49.4 Å². The lowest BCUT2D eigenvalue weighted by atomic mass is 9.95. The van der Waals surface area contributed by atoms with Crippen LogP contribution in [0.3, 0.4) is 0 Å². The SMILES string of the molecule is C=CC(=O)N1C[C@H](C)N(c2nc(OCCn3ccnc3C#N)nc3c(F)c(-c4c(C)ccc5[nH]ncc45)c(Cl)cc23)C[C@H]1C. The van der Waals surface area contributed by atoms with Crippen LogP contribution in [0, 0.1) is 24.1 Å². The highest BCUT2D eigenvalue weighted by atomic mass is 35.5. The number of piperazine rings is 1. The summed E-state index contributed by atoms with van der Waals surface area (Å²) in [5, 5.41) is 17.7. The number of aryl methyl sites for hydroxylation is 1. The molecule has 6 rings (SSSR count). The zero-order valence-corrected chi connectivity index (χ0v) is 25.1. The maximum Gasteiger partial charge on any atom is 0.319 e. The van der Waals surface area contributed by atoms with Crippen molar-refractivity contribution in [3.8, 4) is 23.2 Å². The minimum absolute atomic E-state index is 0.0269. The molecule has 0 radical (unpaired) electrons. The van der Waals surface area contributed by atoms with Crippen molar-refractivity contribution in [2.24, 2.45) is 0 Å². The Kier molecular flexibility index (Phi) is 7.65. The van der Waals surface area contributed by atoms with E-state index in [9.17, 15) is 10.1 Å². The zero-order valence-electron chi connectivity index (χ0n) is 24.4. The van der Waals surface area contributed by atoms with Crippen molar-refractivity contribution in [1.29, 1.82) is 5.26 Å². The first-order valence-corrected chi connectivity index (χ1v) is 14.5. The number of fused-ring (bicyclic) bond motifs is 2. The Morgan fingerprint density at radius 3 is 2.84 bits per heavy atom. The first kappa shape index (κ1) is 29.1. The molecule has 2 atom stereocenters. The van der Waals surface area contributed by atoms with E-state index in [1.54, 1.807) is 27.9 Å². The number of nitriles is 1. The molecule has 11 nitrogen and oxygen atoms in total. The van der Waals surface area contributed by atoms with Crippen molar-refractivity contribution in [2.45, 2.75) is 39.4 Å². The van der Waals surface area contributed by atoms with Gasteiger partial charge in [0.25, 0.3) is 0 Å². The number of carbonyl (C=O) groups is 1. The fraction of sp³-hybridized carbons (Fsp3) is 0.290. The van der Waals surface area contributed by atoms with Crippen molar-refractivity contribution >= 4 is 45.1 Å². The van der Waals surface area contributed by atoms with Gasteiger partial charge < -0.3 is 19.1 Å². The summed E-state index contributed by atoms with van der Waals surface area (Å²) in [4.78, 5) is 29.6. The van der Waals surface area contributed by atoms with Crippen LogP contribution in [0.5, 0.6) is 6.01 Å². The third-order valence-electron chi connectivity index (χ3n) is 8.02. The number of aromatic amines is 1. The van der Waals surface area contributed by atoms with Gasteiger partial charge in [-0.3, -0.25) is 9.89 Å². The molecule has 0 aliphatic carbocycles. The molecular weight excluding hydrogens is 585 g/mol. The summed E-state index contributed by atoms with van der Waals surface area (Å²) in [6, 6.07) is 7.12. The number of ether oxygens (including phenoxy) is 1. The first-order valence-electron chi connectivity index (χ1n) is 14.1. The molecular formula is C31H29ClFN9O2. The minimum Gasteiger partial charge on any atom is -0.461 e. The third kappa shape index (κ3) is 4.99. The molecule has 1 aliphatic rings. The lowest BCUT2D eigenvalue weighted by molar-refractivity contribution is -0.128. The average Bonchev–Trinajstić information content (AvgIpc) is 3.68. The predicted molar refractivity (Wildman–Crippen MR) is 165 cm³/mol. The summed E-state index contributed by atoms with van der Waals surface area (Å²) in [5.74, 6) is -0.0711. The molecule has 2 aromatic carbocycles. The number of amides is 1. The van der Waals surface area contributed by atoms with Gasteiger partial charge >= 0.3 is 6.01 Å². The standard InChI is InChI=1S/C31H29ClFN9O2/c1-5-25(43)41-15-19(4)42(16-18(41)3)30-20-12-22(32)27(26-17(2)6-7-23-21(26)14-36-39-23)28(33)29(20)37-31(38-30)44-11-10-40-9-8-35-24(40)13-34/h5-9,12,14,18-19H,1,10-11,15-16H2,2-4H3,(H,36,39)/t18-,19+/m1/s1. The summed E-state index contributed by atoms with van der Waals surface area (Å²) >= 11 is 6.88. The number of benzene rings is 2. The number of H-pyrrole nitrogens is 1. The predicted octanol–water partition coefficient (Wildman–Crippen LogP) is 5.03. The van der Waals surface area contributed by atoms with Crippen LogP contribution in [-0.2, 0) is 11.3 Å². The molecule has 0 unspecified atom stereocenters. The molecule has 5 aromatic rings. The minimum atomic E-state index is -0.611. The smallest absolute Gasteiger partial charge is 0.319 e. The number of imidazole rings is 1. The largest absolute Gasteiger partial charge is 0.461 e. The number of halogens is 2. The molecule has 224 valence electrons. The maximum atomic E-state index is 16.8. The number of hydrogen-bond acceptors (Lipinski definition) is 8. The van der Waals surface area contributed by atoms with E-state index in [2.05, 4.69) is 26.7 Å². The van der Waals surface area contributed by atoms with E-state index in [0.29, 0.717) is 36.4 Å². The topological polar surface area (TPSA) is 129 Å². The Morgan fingerprint density at radius 2 is 2.07 bits per heavy atom. The number of hydrogen-bond donors (Lipinski definition) is 1. The second-order valence-electron chi connectivity index (χ2n) is 10.8. The number of nitrogens with zero attached hydrogens (tertiary/aromatic N) is 8. The summed E-state index contributed by atoms with van der Waals surface area (Å²) < 4.78 is 24.4. The van der Waals surface area contributed by atoms with E-state index in [4.69, 9.17) is 21.3 Å². The zero-order chi connectivity index (χ0) is 31.1. The van der Waals surface area contributed by atoms with Crippen LogP contribution in [0.25, 0.3) is 32.9 Å². The number of nitrogens with one attached hydrogen (secondary N) is 1. The number of carbonyl (C=O) groups excluding carboxylic acids is 1. The lowest BCUT2D eigenvalue weighted by Crippen LogP contribution is -2.58. The van der Waals surface area contributed by atoms with Gasteiger partial charge in [0.2, 0.25) is 11.7 Å². The fourth-order valence-corrected chi connectivity index (χ4v) is 6.10. The highest BCUT2D eigenvalue weighted by Gasteiger charge is 2.34. The van der Waals surface area contributed by atoms with Gasteiger partial charge in [-0.15, -0.1) is 0 Å². The summed E-state index contributed by atoms with van der Waals surface area (Å²) in [6.07, 6.45) is 6.17. The molecule has 0 spiro atoms. The number of rotatable bonds is 7. The first-order chi connectivity index (χ1) is 21.2. The van der Waals surface area contributed by atoms with Gasteiger partial charge in [0, 0.05) is 59.5 Å². The Morgan fingerprint density at radius 1 is 1.25 bits per heavy atom. The molecule has 1 N–H and O–H groups in total. The van der Waals surface area contributed by atoms with Gasteiger partial charge in [0.05, 0.1) is 23.3 Å². The lowest BCUT2D eigenvalue weighted by Gasteiger charge is -2.44. The van der Waals surface area contributed by atoms with Gasteiger partial charge in [-0.2, -0.15) is 20.3 Å². The average molecular weight is 614 g/mol. The van der Waals surface area contributed by atoms with Crippen LogP contribution in [0.1, 0.15) is 25.2 Å². The van der Waals surface area contributed by atoms with E-state index in [-0.39, 0.29) is 52.5 Å². The van der Waals surface area contributed by atoms with Gasteiger partial charge in [0.15, 0.2) is 5.82 Å². The van der Waals surface area contributed by atoms with Crippen LogP contribution in [0.2, 0.25) is 5.02 Å². The Labute approximate surface area is 257 Å². The third-order valence-corrected chi connectivity index (χ3v) is 8.32. The van der Waals surface area contributed by atoms with Gasteiger partial charge in [-0.25, -0.2) is 9.37 Å². The van der Waals surface area contributed by atoms with Crippen molar-refractivity contribution < 1.29 is 13.9 Å². The molecule has 44 heavy (non-hydrogen) atoms. The van der Waals surface area contributed by atoms with E-state index < -0.39 is 5.82 Å². The van der Waals surface area contributed by atoms with E-state index in [1.165, 1.54) is 12.3 Å². The Balaban J connectivity index is 1.48. The number of aromatic nitrogens is 6. The maximum absolute atomic E-state index is 16.8. The highest BCUT2D eigenvalue weighted by Crippen LogP contribution is 2.42. The van der Waals surface area contributed by atoms with Gasteiger partial charge in [0.1, 0.15) is 24.0 Å². The molecule has 13 heteroatoms. The number of anilines is 1. The molecule has 1 saturated heterocycles. The molecule has 3 aromatic heterocycles. The van der Waals surface area contributed by atoms with Crippen molar-refractivity contribution in [3.63, 3.8) is 0 Å². The molecule has 4 heterocycles. The Bertz CT molecular complexity index is 1960. The van der Waals surface area contributed by atoms with Crippen molar-refractivity contribution in [3.05, 3.63) is 71.7 Å². The van der Waals surface area contributed by atoms with Crippen LogP contribution in [0.4, 0.5) is 10.2 Å². The molecule has 1 fully saturated rings. The summed E-state index contributed by atoms with van der Waals surface area (Å²) in [7, 11) is 0. The van der Waals surface area contributed by atoms with Gasteiger partial charge in [-0.05, 0) is 44.5 Å². The van der Waals surface area contributed by atoms with E-state index in [0.717, 1.165) is 16.5 Å². The monoisotopic (exact) mass is 613 g/mol. The molecule has 1 aliphatic heterocycles. The van der Waals surface area contributed by atoms with Crippen LogP contribution < -0.4 is 9.64 Å². The fourth-order valence-electron chi connectivity index (χ4n) is 5.81. The summed E-state index contributed by atoms with van der Waals surface area (Å²) in [6.45, 7) is 10.7. The Hall–Kier alpha value is -5.02. The molecule has 1 amide bonds. The normalized spacial score (nSPS) is 16.8.